The molecule has 3 aromatic rings. The number of aldehydes is 1. The number of ether oxygens (including phenoxy) is 1. The highest BCUT2D eigenvalue weighted by atomic mass is 19.4. The van der Waals surface area contributed by atoms with Crippen LogP contribution in [0, 0.1) is 0 Å². The first kappa shape index (κ1) is 22.6. The van der Waals surface area contributed by atoms with Gasteiger partial charge in [0.05, 0.1) is 35.8 Å². The summed E-state index contributed by atoms with van der Waals surface area (Å²) in [5.74, 6) is -0.0328. The van der Waals surface area contributed by atoms with E-state index >= 15 is 0 Å². The molecule has 1 aromatic heterocycles. The number of carbonyl (C=O) groups is 2. The normalized spacial score (nSPS) is 14.7. The van der Waals surface area contributed by atoms with Gasteiger partial charge in [-0.25, -0.2) is 9.78 Å². The fraction of sp³-hybridized carbons (Fsp3) is 0.292. The molecule has 0 aliphatic carbocycles. The summed E-state index contributed by atoms with van der Waals surface area (Å²) in [6, 6.07) is 10.3. The number of aromatic nitrogens is 2. The molecular weight excluding hydrogens is 435 g/mol. The van der Waals surface area contributed by atoms with E-state index in [4.69, 9.17) is 4.74 Å². The van der Waals surface area contributed by atoms with Gasteiger partial charge in [-0.05, 0) is 48.2 Å². The van der Waals surface area contributed by atoms with Crippen LogP contribution in [0.25, 0.3) is 11.0 Å². The first-order valence-corrected chi connectivity index (χ1v) is 10.4. The maximum Gasteiger partial charge on any atom is 0.416 e. The highest BCUT2D eigenvalue weighted by Gasteiger charge is 2.33. The number of imidazole rings is 1. The van der Waals surface area contributed by atoms with Gasteiger partial charge in [0.2, 0.25) is 5.95 Å². The number of alkyl halides is 3. The van der Waals surface area contributed by atoms with E-state index in [0.29, 0.717) is 54.0 Å². The van der Waals surface area contributed by atoms with Gasteiger partial charge in [-0.3, -0.25) is 4.79 Å². The third-order valence-electron chi connectivity index (χ3n) is 5.71. The Morgan fingerprint density at radius 1 is 1.18 bits per heavy atom. The Bertz CT molecular complexity index is 1230. The molecule has 0 saturated heterocycles. The second kappa shape index (κ2) is 9.09. The Kier molecular flexibility index (Phi) is 6.22. The molecule has 0 spiro atoms. The number of methoxy groups -OCH3 is 1. The zero-order chi connectivity index (χ0) is 23.6. The van der Waals surface area contributed by atoms with Crippen LogP contribution in [0.5, 0.6) is 0 Å². The van der Waals surface area contributed by atoms with Gasteiger partial charge in [0.25, 0.3) is 0 Å². The van der Waals surface area contributed by atoms with E-state index in [9.17, 15) is 22.8 Å². The second-order valence-corrected chi connectivity index (χ2v) is 7.77. The predicted octanol–water partition coefficient (Wildman–Crippen LogP) is 4.62. The van der Waals surface area contributed by atoms with E-state index in [-0.39, 0.29) is 12.1 Å². The Hall–Kier alpha value is -3.62. The van der Waals surface area contributed by atoms with Gasteiger partial charge in [-0.2, -0.15) is 13.2 Å². The van der Waals surface area contributed by atoms with Crippen LogP contribution in [-0.2, 0) is 22.3 Å². The van der Waals surface area contributed by atoms with Crippen LogP contribution in [0.15, 0.2) is 54.1 Å². The Morgan fingerprint density at radius 3 is 2.70 bits per heavy atom. The van der Waals surface area contributed by atoms with Crippen LogP contribution < -0.4 is 4.90 Å². The number of fused-ring (bicyclic) bond motifs is 1. The molecule has 1 aliphatic rings. The molecule has 0 unspecified atom stereocenters. The quantitative estimate of drug-likeness (QED) is 0.413. The average Bonchev–Trinajstić information content (AvgIpc) is 2.99. The van der Waals surface area contributed by atoms with E-state index in [1.807, 2.05) is 11.0 Å². The van der Waals surface area contributed by atoms with Crippen LogP contribution in [0.1, 0.15) is 34.3 Å². The van der Waals surface area contributed by atoms with Crippen molar-refractivity contribution in [2.24, 2.45) is 0 Å². The SMILES string of the molecule is COC(=O)c1ccc2c(c1)nc(N1CCC=C(C=O)CC1)n2Cc1ccccc1C(F)(F)F. The van der Waals surface area contributed by atoms with Crippen LogP contribution >= 0.6 is 0 Å². The minimum atomic E-state index is -4.49. The molecule has 172 valence electrons. The van der Waals surface area contributed by atoms with Crippen molar-refractivity contribution in [2.45, 2.75) is 25.6 Å². The highest BCUT2D eigenvalue weighted by Crippen LogP contribution is 2.34. The number of carbonyl (C=O) groups excluding carboxylic acids is 2. The van der Waals surface area contributed by atoms with E-state index in [1.165, 1.54) is 19.2 Å². The smallest absolute Gasteiger partial charge is 0.416 e. The Balaban J connectivity index is 1.82. The van der Waals surface area contributed by atoms with Crippen LogP contribution in [-0.4, -0.2) is 42.0 Å². The molecule has 2 aromatic carbocycles. The largest absolute Gasteiger partial charge is 0.465 e. The number of nitrogens with zero attached hydrogens (tertiary/aromatic N) is 3. The Labute approximate surface area is 188 Å². The lowest BCUT2D eigenvalue weighted by Gasteiger charge is -2.23. The lowest BCUT2D eigenvalue weighted by atomic mass is 10.1. The number of halogens is 3. The maximum absolute atomic E-state index is 13.6. The van der Waals surface area contributed by atoms with Crippen molar-refractivity contribution in [3.63, 3.8) is 0 Å². The van der Waals surface area contributed by atoms with Crippen LogP contribution in [0.3, 0.4) is 0 Å². The molecule has 0 amide bonds. The molecule has 1 aliphatic heterocycles. The second-order valence-electron chi connectivity index (χ2n) is 7.77. The van der Waals surface area contributed by atoms with Gasteiger partial charge in [0, 0.05) is 13.1 Å². The molecule has 4 rings (SSSR count). The molecule has 0 saturated carbocycles. The number of hydrogen-bond donors (Lipinski definition) is 0. The zero-order valence-corrected chi connectivity index (χ0v) is 17.9. The fourth-order valence-corrected chi connectivity index (χ4v) is 4.06. The summed E-state index contributed by atoms with van der Waals surface area (Å²) in [7, 11) is 1.28. The first-order chi connectivity index (χ1) is 15.8. The third kappa shape index (κ3) is 4.62. The molecule has 2 heterocycles. The summed E-state index contributed by atoms with van der Waals surface area (Å²) in [6.45, 7) is 1.01. The summed E-state index contributed by atoms with van der Waals surface area (Å²) < 4.78 is 47.4. The molecule has 0 radical (unpaired) electrons. The van der Waals surface area contributed by atoms with E-state index < -0.39 is 17.7 Å². The number of anilines is 1. The highest BCUT2D eigenvalue weighted by molar-refractivity contribution is 5.94. The molecule has 0 bridgehead atoms. The van der Waals surface area contributed by atoms with Crippen molar-refractivity contribution in [2.75, 3.05) is 25.1 Å². The summed E-state index contributed by atoms with van der Waals surface area (Å²) in [5.41, 5.74) is 1.48. The molecule has 9 heteroatoms. The number of benzene rings is 2. The molecular formula is C24H22F3N3O3. The van der Waals surface area contributed by atoms with E-state index in [0.717, 1.165) is 12.4 Å². The van der Waals surface area contributed by atoms with E-state index in [1.54, 1.807) is 28.8 Å². The summed E-state index contributed by atoms with van der Waals surface area (Å²) in [4.78, 5) is 29.8. The predicted molar refractivity (Wildman–Crippen MR) is 117 cm³/mol. The van der Waals surface area contributed by atoms with Crippen molar-refractivity contribution >= 4 is 29.2 Å². The van der Waals surface area contributed by atoms with Gasteiger partial charge < -0.3 is 14.2 Å². The average molecular weight is 457 g/mol. The van der Waals surface area contributed by atoms with Crippen molar-refractivity contribution in [3.05, 3.63) is 70.8 Å². The fourth-order valence-electron chi connectivity index (χ4n) is 4.06. The Morgan fingerprint density at radius 2 is 1.97 bits per heavy atom. The summed E-state index contributed by atoms with van der Waals surface area (Å²) in [6.07, 6.45) is -0.664. The van der Waals surface area contributed by atoms with Gasteiger partial charge in [0.15, 0.2) is 0 Å². The topological polar surface area (TPSA) is 64.4 Å². The molecule has 0 fully saturated rings. The maximum atomic E-state index is 13.6. The number of esters is 1. The lowest BCUT2D eigenvalue weighted by Crippen LogP contribution is -2.28. The standard InChI is InChI=1S/C24H22F3N3O3/c1-33-22(32)17-8-9-21-20(13-17)28-23(29-11-4-5-16(15-31)10-12-29)30(21)14-18-6-2-3-7-19(18)24(25,26)27/h2-3,5-9,13,15H,4,10-12,14H2,1H3. The summed E-state index contributed by atoms with van der Waals surface area (Å²) in [5, 5.41) is 0. The summed E-state index contributed by atoms with van der Waals surface area (Å²) >= 11 is 0. The van der Waals surface area contributed by atoms with Gasteiger partial charge in [0.1, 0.15) is 6.29 Å². The van der Waals surface area contributed by atoms with Gasteiger partial charge in [-0.15, -0.1) is 0 Å². The molecule has 33 heavy (non-hydrogen) atoms. The lowest BCUT2D eigenvalue weighted by molar-refractivity contribution is -0.138. The molecule has 0 N–H and O–H groups in total. The monoisotopic (exact) mass is 457 g/mol. The van der Waals surface area contributed by atoms with Crippen molar-refractivity contribution < 1.29 is 27.5 Å². The number of rotatable bonds is 5. The molecule has 6 nitrogen and oxygen atoms in total. The first-order valence-electron chi connectivity index (χ1n) is 10.4. The third-order valence-corrected chi connectivity index (χ3v) is 5.71. The van der Waals surface area contributed by atoms with Gasteiger partial charge in [-0.1, -0.05) is 24.3 Å². The molecule has 0 atom stereocenters. The van der Waals surface area contributed by atoms with Gasteiger partial charge >= 0.3 is 12.1 Å². The minimum absolute atomic E-state index is 0.0520. The van der Waals surface area contributed by atoms with E-state index in [2.05, 4.69) is 4.98 Å². The number of hydrogen-bond acceptors (Lipinski definition) is 5. The van der Waals surface area contributed by atoms with Crippen molar-refractivity contribution in [1.82, 2.24) is 9.55 Å². The minimum Gasteiger partial charge on any atom is -0.465 e. The van der Waals surface area contributed by atoms with Crippen LogP contribution in [0.4, 0.5) is 19.1 Å². The zero-order valence-electron chi connectivity index (χ0n) is 17.9. The van der Waals surface area contributed by atoms with Crippen molar-refractivity contribution in [3.8, 4) is 0 Å². The van der Waals surface area contributed by atoms with Crippen LogP contribution in [0.2, 0.25) is 0 Å². The van der Waals surface area contributed by atoms with Crippen molar-refractivity contribution in [1.29, 1.82) is 0 Å².